The van der Waals surface area contributed by atoms with Crippen LogP contribution in [0, 0.1) is 6.92 Å². The molecule has 248 valence electrons. The van der Waals surface area contributed by atoms with Crippen LogP contribution in [0.2, 0.25) is 5.02 Å². The number of nitrogens with two attached hydrogens (primary N) is 1. The number of primary sulfonamides is 1. The molecule has 4 heterocycles. The monoisotopic (exact) mass is 691 g/mol. The molecule has 3 aliphatic heterocycles. The summed E-state index contributed by atoms with van der Waals surface area (Å²) < 4.78 is 26.6. The highest BCUT2D eigenvalue weighted by Crippen LogP contribution is 2.45. The highest BCUT2D eigenvalue weighted by atomic mass is 35.5. The number of aryl methyl sites for hydroxylation is 1. The van der Waals surface area contributed by atoms with Crippen LogP contribution in [-0.2, 0) is 15.4 Å². The first-order chi connectivity index (χ1) is 22.6. The van der Waals surface area contributed by atoms with Gasteiger partial charge in [-0.3, -0.25) is 9.69 Å². The number of imidazole rings is 1. The third-order valence-electron chi connectivity index (χ3n) is 11.0. The first kappa shape index (κ1) is 32.6. The third-order valence-corrected chi connectivity index (χ3v) is 13.1. The first-order valence-corrected chi connectivity index (χ1v) is 19.7. The van der Waals surface area contributed by atoms with E-state index in [1.165, 1.54) is 41.0 Å². The normalized spacial score (nSPS) is 23.0. The lowest BCUT2D eigenvalue weighted by Gasteiger charge is -2.46. The number of benzene rings is 3. The van der Waals surface area contributed by atoms with Gasteiger partial charge in [-0.15, -0.1) is 11.8 Å². The van der Waals surface area contributed by atoms with E-state index in [4.69, 9.17) is 21.7 Å². The molecule has 3 saturated heterocycles. The Morgan fingerprint density at radius 2 is 1.72 bits per heavy atom. The van der Waals surface area contributed by atoms with Crippen molar-refractivity contribution in [3.63, 3.8) is 0 Å². The lowest BCUT2D eigenvalue weighted by molar-refractivity contribution is 0.0606. The van der Waals surface area contributed by atoms with Crippen LogP contribution in [0.4, 0.5) is 0 Å². The summed E-state index contributed by atoms with van der Waals surface area (Å²) in [5.74, 6) is 0.915. The molecule has 8 nitrogen and oxygen atoms in total. The minimum Gasteiger partial charge on any atom is -0.339 e. The number of piperidine rings is 2. The van der Waals surface area contributed by atoms with Crippen LogP contribution in [-0.4, -0.2) is 71.6 Å². The highest BCUT2D eigenvalue weighted by molar-refractivity contribution is 7.98. The molecule has 0 unspecified atom stereocenters. The number of halogens is 1. The second-order valence-corrected chi connectivity index (χ2v) is 16.3. The Kier molecular flexibility index (Phi) is 8.93. The van der Waals surface area contributed by atoms with Gasteiger partial charge in [0, 0.05) is 41.7 Å². The van der Waals surface area contributed by atoms with Crippen LogP contribution in [0.3, 0.4) is 0 Å². The molecule has 0 aliphatic carbocycles. The Balaban J connectivity index is 1.09. The van der Waals surface area contributed by atoms with Gasteiger partial charge < -0.3 is 9.47 Å². The Hall–Kier alpha value is -2.89. The number of hydrogen-bond donors (Lipinski definition) is 1. The molecule has 0 saturated carbocycles. The molecule has 0 radical (unpaired) electrons. The summed E-state index contributed by atoms with van der Waals surface area (Å²) in [6, 6.07) is 23.4. The number of para-hydroxylation sites is 2. The van der Waals surface area contributed by atoms with Gasteiger partial charge in [-0.25, -0.2) is 18.5 Å². The molecule has 1 aromatic heterocycles. The predicted octanol–water partition coefficient (Wildman–Crippen LogP) is 6.80. The fraction of sp³-hybridized carbons (Fsp3) is 0.444. The van der Waals surface area contributed by atoms with E-state index in [0.29, 0.717) is 31.2 Å². The van der Waals surface area contributed by atoms with E-state index in [-0.39, 0.29) is 26.8 Å². The van der Waals surface area contributed by atoms with Crippen LogP contribution >= 0.6 is 23.4 Å². The second-order valence-electron chi connectivity index (χ2n) is 13.5. The number of sulfonamides is 1. The highest BCUT2D eigenvalue weighted by Gasteiger charge is 2.44. The predicted molar refractivity (Wildman–Crippen MR) is 189 cm³/mol. The average molecular weight is 692 g/mol. The average Bonchev–Trinajstić information content (AvgIpc) is 3.53. The lowest BCUT2D eigenvalue weighted by Crippen LogP contribution is -2.49. The van der Waals surface area contributed by atoms with Crippen molar-refractivity contribution in [2.45, 2.75) is 85.2 Å². The molecule has 3 atom stereocenters. The molecule has 1 amide bonds. The van der Waals surface area contributed by atoms with Crippen molar-refractivity contribution in [1.29, 1.82) is 0 Å². The number of likely N-dealkylation sites (tertiary alicyclic amines) is 1. The van der Waals surface area contributed by atoms with Crippen molar-refractivity contribution in [1.82, 2.24) is 19.4 Å². The summed E-state index contributed by atoms with van der Waals surface area (Å²) in [7, 11) is -4.05. The molecule has 2 N–H and O–H groups in total. The van der Waals surface area contributed by atoms with E-state index >= 15 is 0 Å². The van der Waals surface area contributed by atoms with Crippen molar-refractivity contribution in [2.24, 2.45) is 5.14 Å². The molecule has 3 aliphatic rings. The SMILES string of the molecule is CSc1cccc(C2(CCN3[C@@H]4CC[C@H]3C[C@@H](n3c(C)nc5ccccc53)C4)CCN(C(=O)c3ccc(Cl)c(S(N)(=O)=O)c3)CC2)c1. The number of nitrogens with zero attached hydrogens (tertiary/aromatic N) is 4. The number of fused-ring (bicyclic) bond motifs is 3. The zero-order chi connectivity index (χ0) is 32.9. The van der Waals surface area contributed by atoms with E-state index in [1.54, 1.807) is 17.8 Å². The van der Waals surface area contributed by atoms with E-state index in [0.717, 1.165) is 50.0 Å². The van der Waals surface area contributed by atoms with Crippen LogP contribution in [0.5, 0.6) is 0 Å². The number of carbonyl (C=O) groups excluding carboxylic acids is 1. The van der Waals surface area contributed by atoms with Gasteiger partial charge in [0.2, 0.25) is 10.0 Å². The van der Waals surface area contributed by atoms with Crippen LogP contribution in [0.25, 0.3) is 11.0 Å². The molecular formula is C36H42ClN5O3S2. The van der Waals surface area contributed by atoms with Crippen LogP contribution < -0.4 is 5.14 Å². The largest absolute Gasteiger partial charge is 0.339 e. The summed E-state index contributed by atoms with van der Waals surface area (Å²) in [6.07, 6.45) is 9.62. The van der Waals surface area contributed by atoms with Gasteiger partial charge in [-0.2, -0.15) is 0 Å². The Morgan fingerprint density at radius 1 is 1.00 bits per heavy atom. The fourth-order valence-corrected chi connectivity index (χ4v) is 10.1. The molecule has 7 rings (SSSR count). The van der Waals surface area contributed by atoms with Gasteiger partial charge in [0.15, 0.2) is 0 Å². The fourth-order valence-electron chi connectivity index (χ4n) is 8.60. The van der Waals surface area contributed by atoms with Crippen molar-refractivity contribution in [3.05, 3.63) is 88.7 Å². The van der Waals surface area contributed by atoms with E-state index in [2.05, 4.69) is 71.2 Å². The van der Waals surface area contributed by atoms with Gasteiger partial charge in [-0.05, 0) is 118 Å². The van der Waals surface area contributed by atoms with Crippen molar-refractivity contribution >= 4 is 50.3 Å². The molecule has 3 fully saturated rings. The first-order valence-electron chi connectivity index (χ1n) is 16.5. The number of hydrogen-bond acceptors (Lipinski definition) is 6. The maximum Gasteiger partial charge on any atom is 0.253 e. The number of rotatable bonds is 8. The minimum absolute atomic E-state index is 0.0156. The van der Waals surface area contributed by atoms with Crippen molar-refractivity contribution in [3.8, 4) is 0 Å². The Labute approximate surface area is 286 Å². The summed E-state index contributed by atoms with van der Waals surface area (Å²) >= 11 is 7.85. The molecule has 11 heteroatoms. The smallest absolute Gasteiger partial charge is 0.253 e. The second kappa shape index (κ2) is 12.9. The lowest BCUT2D eigenvalue weighted by atomic mass is 9.70. The van der Waals surface area contributed by atoms with Crippen molar-refractivity contribution < 1.29 is 13.2 Å². The molecule has 2 bridgehead atoms. The number of amides is 1. The summed E-state index contributed by atoms with van der Waals surface area (Å²) in [6.45, 7) is 4.37. The Morgan fingerprint density at radius 3 is 2.43 bits per heavy atom. The van der Waals surface area contributed by atoms with Crippen LogP contribution in [0.1, 0.15) is 72.7 Å². The molecule has 0 spiro atoms. The van der Waals surface area contributed by atoms with Gasteiger partial charge in [0.05, 0.1) is 16.1 Å². The number of aromatic nitrogens is 2. The molecule has 47 heavy (non-hydrogen) atoms. The number of carbonyl (C=O) groups is 1. The zero-order valence-corrected chi connectivity index (χ0v) is 29.3. The van der Waals surface area contributed by atoms with Gasteiger partial charge in [-0.1, -0.05) is 35.9 Å². The minimum atomic E-state index is -4.05. The van der Waals surface area contributed by atoms with E-state index < -0.39 is 10.0 Å². The van der Waals surface area contributed by atoms with Gasteiger partial charge in [0.1, 0.15) is 10.7 Å². The zero-order valence-electron chi connectivity index (χ0n) is 26.9. The Bertz CT molecular complexity index is 1910. The molecule has 4 aromatic rings. The van der Waals surface area contributed by atoms with Gasteiger partial charge in [0.25, 0.3) is 5.91 Å². The topological polar surface area (TPSA) is 102 Å². The maximum atomic E-state index is 13.6. The maximum absolute atomic E-state index is 13.6. The van der Waals surface area contributed by atoms with E-state index in [1.807, 2.05) is 4.90 Å². The summed E-state index contributed by atoms with van der Waals surface area (Å²) in [5, 5.41) is 5.38. The molecular weight excluding hydrogens is 650 g/mol. The summed E-state index contributed by atoms with van der Waals surface area (Å²) in [4.78, 5) is 24.1. The van der Waals surface area contributed by atoms with Crippen LogP contribution in [0.15, 0.2) is 76.5 Å². The van der Waals surface area contributed by atoms with Gasteiger partial charge >= 0.3 is 0 Å². The van der Waals surface area contributed by atoms with E-state index in [9.17, 15) is 13.2 Å². The summed E-state index contributed by atoms with van der Waals surface area (Å²) in [5.41, 5.74) is 3.91. The number of thioether (sulfide) groups is 1. The standard InChI is InChI=1S/C36H42ClN5O3S2/c1-24-39-32-8-3-4-9-33(32)42(24)29-22-27-11-12-28(23-29)41(27)19-16-36(26-6-5-7-30(21-26)46-2)14-17-40(18-15-36)35(43)25-10-13-31(37)34(20-25)47(38,44)45/h3-10,13,20-21,27-29H,11-12,14-19,22-23H2,1-2H3,(H2,38,44,45)/t27-,28+,29+. The third kappa shape index (κ3) is 6.23. The van der Waals surface area contributed by atoms with Crippen molar-refractivity contribution in [2.75, 3.05) is 25.9 Å². The molecule has 3 aromatic carbocycles. The quantitative estimate of drug-likeness (QED) is 0.204.